The highest BCUT2D eigenvalue weighted by molar-refractivity contribution is 5.81. The first-order chi connectivity index (χ1) is 12.5. The minimum Gasteiger partial charge on any atom is -0.478 e. The van der Waals surface area contributed by atoms with Gasteiger partial charge in [0, 0.05) is 25.9 Å². The molecule has 0 radical (unpaired) electrons. The summed E-state index contributed by atoms with van der Waals surface area (Å²) in [6, 6.07) is 8.92. The Morgan fingerprint density at radius 2 is 1.96 bits per heavy atom. The Balaban J connectivity index is 1.62. The van der Waals surface area contributed by atoms with Crippen LogP contribution in [0.5, 0.6) is 5.75 Å². The predicted molar refractivity (Wildman–Crippen MR) is 92.4 cm³/mol. The molecule has 2 aromatic rings. The van der Waals surface area contributed by atoms with Gasteiger partial charge in [0.25, 0.3) is 0 Å². The molecule has 3 rings (SSSR count). The van der Waals surface area contributed by atoms with Gasteiger partial charge in [-0.2, -0.15) is 5.10 Å². The summed E-state index contributed by atoms with van der Waals surface area (Å²) in [4.78, 5) is 30.1. The van der Waals surface area contributed by atoms with E-state index in [1.165, 1.54) is 6.33 Å². The largest absolute Gasteiger partial charge is 0.478 e. The van der Waals surface area contributed by atoms with Gasteiger partial charge in [0.2, 0.25) is 11.5 Å². The first kappa shape index (κ1) is 17.9. The molecule has 1 amide bonds. The van der Waals surface area contributed by atoms with Gasteiger partial charge in [-0.3, -0.25) is 9.48 Å². The maximum Gasteiger partial charge on any atom is 0.348 e. The maximum atomic E-state index is 12.6. The average Bonchev–Trinajstić information content (AvgIpc) is 3.15. The number of benzene rings is 1. The van der Waals surface area contributed by atoms with Crippen molar-refractivity contribution in [2.24, 2.45) is 5.92 Å². The third-order valence-electron chi connectivity index (χ3n) is 4.68. The zero-order valence-electron chi connectivity index (χ0n) is 14.6. The Hall–Kier alpha value is -2.90. The molecule has 1 atom stereocenters. The molecule has 1 aliphatic rings. The van der Waals surface area contributed by atoms with E-state index in [2.05, 4.69) is 10.1 Å². The Labute approximate surface area is 151 Å². The Bertz CT molecular complexity index is 740. The van der Waals surface area contributed by atoms with Crippen molar-refractivity contribution < 1.29 is 19.4 Å². The van der Waals surface area contributed by atoms with E-state index < -0.39 is 11.6 Å². The number of carbonyl (C=O) groups is 2. The summed E-state index contributed by atoms with van der Waals surface area (Å²) in [6.07, 6.45) is 3.50. The molecule has 1 fully saturated rings. The Morgan fingerprint density at radius 3 is 2.54 bits per heavy atom. The quantitative estimate of drug-likeness (QED) is 0.839. The standard InChI is InChI=1S/C18H22N4O4/c1-14(11-22-13-19-12-20-22)16(23)21-9-7-18(8-10-21,17(24)25)26-15-5-3-2-4-6-15/h2-6,12-14H,7-11H2,1H3,(H,24,25)/t14-/m1/s1. The first-order valence-electron chi connectivity index (χ1n) is 8.59. The molecule has 0 bridgehead atoms. The summed E-state index contributed by atoms with van der Waals surface area (Å²) in [6.45, 7) is 2.97. The van der Waals surface area contributed by atoms with Crippen molar-refractivity contribution in [3.8, 4) is 5.75 Å². The number of nitrogens with zero attached hydrogens (tertiary/aromatic N) is 4. The van der Waals surface area contributed by atoms with Crippen LogP contribution in [0.3, 0.4) is 0 Å². The van der Waals surface area contributed by atoms with Crippen LogP contribution in [-0.4, -0.2) is 55.3 Å². The van der Waals surface area contributed by atoms with Crippen LogP contribution in [-0.2, 0) is 16.1 Å². The summed E-state index contributed by atoms with van der Waals surface area (Å²) in [7, 11) is 0. The number of hydrogen-bond acceptors (Lipinski definition) is 5. The van der Waals surface area contributed by atoms with Crippen LogP contribution in [0.2, 0.25) is 0 Å². The number of ether oxygens (including phenoxy) is 1. The molecule has 1 aromatic carbocycles. The molecule has 0 unspecified atom stereocenters. The molecular formula is C18H22N4O4. The van der Waals surface area contributed by atoms with Crippen LogP contribution in [0.4, 0.5) is 0 Å². The third kappa shape index (κ3) is 3.84. The number of aliphatic carboxylic acids is 1. The molecule has 138 valence electrons. The zero-order valence-corrected chi connectivity index (χ0v) is 14.6. The number of carboxylic acids is 1. The molecule has 0 aliphatic carbocycles. The summed E-state index contributed by atoms with van der Waals surface area (Å²) < 4.78 is 7.44. The SMILES string of the molecule is C[C@H](Cn1cncn1)C(=O)N1CCC(Oc2ccccc2)(C(=O)O)CC1. The van der Waals surface area contributed by atoms with Gasteiger partial charge in [-0.15, -0.1) is 0 Å². The van der Waals surface area contributed by atoms with Crippen molar-refractivity contribution in [1.82, 2.24) is 19.7 Å². The predicted octanol–water partition coefficient (Wildman–Crippen LogP) is 1.44. The number of piperidine rings is 1. The van der Waals surface area contributed by atoms with E-state index in [9.17, 15) is 14.7 Å². The van der Waals surface area contributed by atoms with E-state index in [1.54, 1.807) is 40.2 Å². The van der Waals surface area contributed by atoms with Crippen LogP contribution >= 0.6 is 0 Å². The van der Waals surface area contributed by atoms with Crippen molar-refractivity contribution in [3.63, 3.8) is 0 Å². The number of aromatic nitrogens is 3. The fourth-order valence-corrected chi connectivity index (χ4v) is 3.16. The van der Waals surface area contributed by atoms with E-state index >= 15 is 0 Å². The number of likely N-dealkylation sites (tertiary alicyclic amines) is 1. The van der Waals surface area contributed by atoms with Crippen LogP contribution < -0.4 is 4.74 Å². The molecule has 1 aliphatic heterocycles. The van der Waals surface area contributed by atoms with Crippen molar-refractivity contribution >= 4 is 11.9 Å². The van der Waals surface area contributed by atoms with Crippen LogP contribution in [0, 0.1) is 5.92 Å². The normalized spacial score (nSPS) is 17.5. The number of rotatable bonds is 6. The maximum absolute atomic E-state index is 12.6. The second-order valence-electron chi connectivity index (χ2n) is 6.56. The van der Waals surface area contributed by atoms with Gasteiger partial charge in [-0.25, -0.2) is 9.78 Å². The zero-order chi connectivity index (χ0) is 18.6. The van der Waals surface area contributed by atoms with Gasteiger partial charge in [-0.05, 0) is 12.1 Å². The van der Waals surface area contributed by atoms with Crippen molar-refractivity contribution in [1.29, 1.82) is 0 Å². The Kier molecular flexibility index (Phi) is 5.20. The van der Waals surface area contributed by atoms with Gasteiger partial charge in [0.15, 0.2) is 0 Å². The average molecular weight is 358 g/mol. The first-order valence-corrected chi connectivity index (χ1v) is 8.59. The van der Waals surface area contributed by atoms with Gasteiger partial charge >= 0.3 is 5.97 Å². The number of hydrogen-bond donors (Lipinski definition) is 1. The molecule has 1 aromatic heterocycles. The van der Waals surface area contributed by atoms with Crippen molar-refractivity contribution in [2.75, 3.05) is 13.1 Å². The van der Waals surface area contributed by atoms with E-state index in [1.807, 2.05) is 13.0 Å². The number of amides is 1. The lowest BCUT2D eigenvalue weighted by Crippen LogP contribution is -2.55. The van der Waals surface area contributed by atoms with Gasteiger partial charge in [0.05, 0.1) is 12.5 Å². The molecule has 1 saturated heterocycles. The van der Waals surface area contributed by atoms with E-state index in [0.29, 0.717) is 25.4 Å². The van der Waals surface area contributed by atoms with Crippen LogP contribution in [0.15, 0.2) is 43.0 Å². The van der Waals surface area contributed by atoms with Crippen molar-refractivity contribution in [3.05, 3.63) is 43.0 Å². The minimum absolute atomic E-state index is 0.0146. The second-order valence-corrected chi connectivity index (χ2v) is 6.56. The molecule has 8 nitrogen and oxygen atoms in total. The monoisotopic (exact) mass is 358 g/mol. The molecule has 0 saturated carbocycles. The summed E-state index contributed by atoms with van der Waals surface area (Å²) in [5.41, 5.74) is -1.30. The number of carboxylic acid groups (broad SMARTS) is 1. The smallest absolute Gasteiger partial charge is 0.348 e. The fraction of sp³-hybridized carbons (Fsp3) is 0.444. The van der Waals surface area contributed by atoms with Gasteiger partial charge < -0.3 is 14.7 Å². The van der Waals surface area contributed by atoms with Gasteiger partial charge in [0.1, 0.15) is 18.4 Å². The van der Waals surface area contributed by atoms with Gasteiger partial charge in [-0.1, -0.05) is 25.1 Å². The highest BCUT2D eigenvalue weighted by Gasteiger charge is 2.45. The molecular weight excluding hydrogens is 336 g/mol. The molecule has 2 heterocycles. The third-order valence-corrected chi connectivity index (χ3v) is 4.68. The summed E-state index contributed by atoms with van der Waals surface area (Å²) >= 11 is 0. The van der Waals surface area contributed by atoms with E-state index in [0.717, 1.165) is 0 Å². The highest BCUT2D eigenvalue weighted by atomic mass is 16.5. The second kappa shape index (κ2) is 7.55. The van der Waals surface area contributed by atoms with Crippen molar-refractivity contribution in [2.45, 2.75) is 31.9 Å². The summed E-state index contributed by atoms with van der Waals surface area (Å²) in [5.74, 6) is -0.749. The lowest BCUT2D eigenvalue weighted by molar-refractivity contribution is -0.162. The molecule has 8 heteroatoms. The van der Waals surface area contributed by atoms with E-state index in [4.69, 9.17) is 4.74 Å². The fourth-order valence-electron chi connectivity index (χ4n) is 3.16. The topological polar surface area (TPSA) is 97.5 Å². The van der Waals surface area contributed by atoms with E-state index in [-0.39, 0.29) is 24.7 Å². The lowest BCUT2D eigenvalue weighted by atomic mass is 9.90. The molecule has 26 heavy (non-hydrogen) atoms. The molecule has 0 spiro atoms. The Morgan fingerprint density at radius 1 is 1.27 bits per heavy atom. The van der Waals surface area contributed by atoms with Crippen LogP contribution in [0.25, 0.3) is 0 Å². The number of para-hydroxylation sites is 1. The lowest BCUT2D eigenvalue weighted by Gasteiger charge is -2.39. The van der Waals surface area contributed by atoms with Crippen LogP contribution in [0.1, 0.15) is 19.8 Å². The highest BCUT2D eigenvalue weighted by Crippen LogP contribution is 2.30. The number of carbonyl (C=O) groups excluding carboxylic acids is 1. The summed E-state index contributed by atoms with van der Waals surface area (Å²) in [5, 5.41) is 13.7. The molecule has 1 N–H and O–H groups in total. The minimum atomic E-state index is -1.30.